The number of esters is 1. The second-order valence-corrected chi connectivity index (χ2v) is 9.51. The van der Waals surface area contributed by atoms with Crippen molar-refractivity contribution >= 4 is 11.9 Å². The summed E-state index contributed by atoms with van der Waals surface area (Å²) in [7, 11) is 0. The van der Waals surface area contributed by atoms with E-state index >= 15 is 0 Å². The smallest absolute Gasteiger partial charge is 0.309 e. The van der Waals surface area contributed by atoms with Crippen LogP contribution in [0, 0.1) is 34.5 Å². The van der Waals surface area contributed by atoms with Gasteiger partial charge in [-0.25, -0.2) is 0 Å². The van der Waals surface area contributed by atoms with Crippen molar-refractivity contribution in [3.05, 3.63) is 0 Å². The monoisotopic (exact) mass is 347 g/mol. The summed E-state index contributed by atoms with van der Waals surface area (Å²) in [6.45, 7) is 7.18. The molecule has 3 saturated carbocycles. The maximum atomic E-state index is 12.5. The summed E-state index contributed by atoms with van der Waals surface area (Å²) >= 11 is 0. The normalized spacial score (nSPS) is 48.8. The molecule has 25 heavy (non-hydrogen) atoms. The van der Waals surface area contributed by atoms with Gasteiger partial charge in [0.15, 0.2) is 0 Å². The first-order valence-corrected chi connectivity index (χ1v) is 10.4. The van der Waals surface area contributed by atoms with Crippen LogP contribution < -0.4 is 5.32 Å². The molecule has 0 aromatic rings. The molecule has 7 atom stereocenters. The molecule has 140 valence electrons. The van der Waals surface area contributed by atoms with Gasteiger partial charge >= 0.3 is 5.97 Å². The van der Waals surface area contributed by atoms with Gasteiger partial charge in [0.25, 0.3) is 0 Å². The molecule has 4 nitrogen and oxygen atoms in total. The summed E-state index contributed by atoms with van der Waals surface area (Å²) < 4.78 is 5.41. The zero-order valence-corrected chi connectivity index (χ0v) is 16.0. The molecule has 4 aliphatic rings. The fourth-order valence-corrected chi connectivity index (χ4v) is 7.33. The van der Waals surface area contributed by atoms with Gasteiger partial charge in [-0.3, -0.25) is 9.59 Å². The lowest BCUT2D eigenvalue weighted by molar-refractivity contribution is -0.158. The van der Waals surface area contributed by atoms with E-state index in [4.69, 9.17) is 4.74 Å². The molecule has 0 bridgehead atoms. The van der Waals surface area contributed by atoms with Gasteiger partial charge in [-0.2, -0.15) is 0 Å². The molecule has 0 unspecified atom stereocenters. The number of piperidine rings is 1. The summed E-state index contributed by atoms with van der Waals surface area (Å²) in [6, 6.07) is 0.363. The van der Waals surface area contributed by atoms with E-state index in [0.29, 0.717) is 30.9 Å². The number of carbonyl (C=O) groups is 2. The Kier molecular flexibility index (Phi) is 4.16. The Hall–Kier alpha value is -1.06. The molecule has 4 rings (SSSR count). The number of ether oxygens (including phenoxy) is 1. The molecule has 1 heterocycles. The SMILES string of the molecule is CCOC(=O)[C@H]1CC[C@H]2[C@@H]3CC[C@H]4NC(=O)CC[C@]4(C)[C@H]3CC[C@]12C. The lowest BCUT2D eigenvalue weighted by Gasteiger charge is -2.60. The van der Waals surface area contributed by atoms with Crippen molar-refractivity contribution in [2.45, 2.75) is 78.2 Å². The van der Waals surface area contributed by atoms with E-state index in [1.165, 1.54) is 19.3 Å². The number of amides is 1. The second kappa shape index (κ2) is 5.99. The highest BCUT2D eigenvalue weighted by Gasteiger charge is 2.61. The Balaban J connectivity index is 1.58. The highest BCUT2D eigenvalue weighted by molar-refractivity contribution is 5.77. The summed E-state index contributed by atoms with van der Waals surface area (Å²) in [6.07, 6.45) is 8.56. The van der Waals surface area contributed by atoms with Crippen LogP contribution in [-0.4, -0.2) is 24.5 Å². The molecule has 0 aromatic carbocycles. The van der Waals surface area contributed by atoms with Crippen molar-refractivity contribution in [2.75, 3.05) is 6.61 Å². The third kappa shape index (κ3) is 2.46. The number of fused-ring (bicyclic) bond motifs is 5. The van der Waals surface area contributed by atoms with Gasteiger partial charge in [-0.1, -0.05) is 13.8 Å². The Morgan fingerprint density at radius 2 is 1.84 bits per heavy atom. The highest BCUT2D eigenvalue weighted by atomic mass is 16.5. The van der Waals surface area contributed by atoms with E-state index in [0.717, 1.165) is 31.6 Å². The largest absolute Gasteiger partial charge is 0.466 e. The summed E-state index contributed by atoms with van der Waals surface area (Å²) in [5.41, 5.74) is 0.370. The first kappa shape index (κ1) is 17.4. The lowest BCUT2D eigenvalue weighted by atomic mass is 9.47. The van der Waals surface area contributed by atoms with Gasteiger partial charge in [0.1, 0.15) is 0 Å². The van der Waals surface area contributed by atoms with Crippen molar-refractivity contribution in [3.63, 3.8) is 0 Å². The fraction of sp³-hybridized carbons (Fsp3) is 0.905. The maximum absolute atomic E-state index is 12.5. The summed E-state index contributed by atoms with van der Waals surface area (Å²) in [5.74, 6) is 2.44. The van der Waals surface area contributed by atoms with Crippen LogP contribution in [0.4, 0.5) is 0 Å². The maximum Gasteiger partial charge on any atom is 0.309 e. The van der Waals surface area contributed by atoms with Crippen LogP contribution >= 0.6 is 0 Å². The number of hydrogen-bond acceptors (Lipinski definition) is 3. The standard InChI is InChI=1S/C21H33NO3/c1-4-25-19(24)16-7-6-14-13-5-8-17-21(3,12-10-18(23)22-17)15(13)9-11-20(14,16)2/h13-17H,4-12H2,1-3H3,(H,22,23)/t13-,14-,15-,16+,17+,20-,21+/m0/s1. The van der Waals surface area contributed by atoms with Gasteiger partial charge < -0.3 is 10.1 Å². The summed E-state index contributed by atoms with van der Waals surface area (Å²) in [4.78, 5) is 24.4. The van der Waals surface area contributed by atoms with E-state index < -0.39 is 0 Å². The zero-order chi connectivity index (χ0) is 17.8. The molecule has 1 N–H and O–H groups in total. The quantitative estimate of drug-likeness (QED) is 0.775. The van der Waals surface area contributed by atoms with Crippen LogP contribution in [0.15, 0.2) is 0 Å². The van der Waals surface area contributed by atoms with Crippen LogP contribution in [0.1, 0.15) is 72.1 Å². The molecule has 4 heteroatoms. The molecule has 0 radical (unpaired) electrons. The molecule has 0 aromatic heterocycles. The van der Waals surface area contributed by atoms with Crippen molar-refractivity contribution in [1.29, 1.82) is 0 Å². The fourth-order valence-electron chi connectivity index (χ4n) is 7.33. The molecule has 1 saturated heterocycles. The topological polar surface area (TPSA) is 55.4 Å². The third-order valence-corrected chi connectivity index (χ3v) is 8.67. The summed E-state index contributed by atoms with van der Waals surface area (Å²) in [5, 5.41) is 3.29. The van der Waals surface area contributed by atoms with E-state index in [9.17, 15) is 9.59 Å². The average molecular weight is 347 g/mol. The number of rotatable bonds is 2. The number of hydrogen-bond donors (Lipinski definition) is 1. The van der Waals surface area contributed by atoms with Crippen LogP contribution in [0.25, 0.3) is 0 Å². The van der Waals surface area contributed by atoms with Crippen LogP contribution in [0.2, 0.25) is 0 Å². The average Bonchev–Trinajstić information content (AvgIpc) is 2.93. The van der Waals surface area contributed by atoms with E-state index in [-0.39, 0.29) is 28.6 Å². The lowest BCUT2D eigenvalue weighted by Crippen LogP contribution is -2.61. The highest BCUT2D eigenvalue weighted by Crippen LogP contribution is 2.65. The van der Waals surface area contributed by atoms with E-state index in [2.05, 4.69) is 19.2 Å². The Bertz CT molecular complexity index is 575. The zero-order valence-electron chi connectivity index (χ0n) is 16.0. The number of carbonyl (C=O) groups excluding carboxylic acids is 2. The van der Waals surface area contributed by atoms with Crippen LogP contribution in [-0.2, 0) is 14.3 Å². The van der Waals surface area contributed by atoms with Crippen molar-refractivity contribution in [1.82, 2.24) is 5.32 Å². The van der Waals surface area contributed by atoms with E-state index in [1.807, 2.05) is 6.92 Å². The minimum Gasteiger partial charge on any atom is -0.466 e. The Morgan fingerprint density at radius 1 is 1.08 bits per heavy atom. The minimum absolute atomic E-state index is 0.0378. The van der Waals surface area contributed by atoms with Crippen molar-refractivity contribution in [3.8, 4) is 0 Å². The van der Waals surface area contributed by atoms with Gasteiger partial charge in [0.05, 0.1) is 12.5 Å². The van der Waals surface area contributed by atoms with Gasteiger partial charge in [0.2, 0.25) is 5.91 Å². The molecular weight excluding hydrogens is 314 g/mol. The van der Waals surface area contributed by atoms with Crippen LogP contribution in [0.5, 0.6) is 0 Å². The predicted octanol–water partition coefficient (Wildman–Crippen LogP) is 3.69. The third-order valence-electron chi connectivity index (χ3n) is 8.67. The molecule has 1 aliphatic heterocycles. The van der Waals surface area contributed by atoms with Crippen molar-refractivity contribution in [2.24, 2.45) is 34.5 Å². The minimum atomic E-state index is 0.0378. The van der Waals surface area contributed by atoms with E-state index in [1.54, 1.807) is 0 Å². The number of nitrogens with one attached hydrogen (secondary N) is 1. The van der Waals surface area contributed by atoms with Gasteiger partial charge in [-0.15, -0.1) is 0 Å². The Labute approximate surface area is 151 Å². The first-order chi connectivity index (χ1) is 11.9. The molecule has 1 amide bonds. The Morgan fingerprint density at radius 3 is 2.60 bits per heavy atom. The van der Waals surface area contributed by atoms with Crippen molar-refractivity contribution < 1.29 is 14.3 Å². The molecule has 3 aliphatic carbocycles. The molecule has 4 fully saturated rings. The van der Waals surface area contributed by atoms with Gasteiger partial charge in [0, 0.05) is 12.5 Å². The second-order valence-electron chi connectivity index (χ2n) is 9.51. The van der Waals surface area contributed by atoms with Crippen LogP contribution in [0.3, 0.4) is 0 Å². The molecular formula is C21H33NO3. The first-order valence-electron chi connectivity index (χ1n) is 10.4. The molecule has 0 spiro atoms. The predicted molar refractivity (Wildman–Crippen MR) is 95.7 cm³/mol. The van der Waals surface area contributed by atoms with Gasteiger partial charge in [-0.05, 0) is 80.5 Å².